The Hall–Kier alpha value is -3.93. The number of ether oxygens (including phenoxy) is 2. The number of carbonyl (C=O) groups excluding carboxylic acids is 1. The lowest BCUT2D eigenvalue weighted by atomic mass is 10.1. The van der Waals surface area contributed by atoms with Crippen LogP contribution in [0.15, 0.2) is 83.0 Å². The van der Waals surface area contributed by atoms with Gasteiger partial charge in [-0.05, 0) is 23.8 Å². The highest BCUT2D eigenvalue weighted by molar-refractivity contribution is 6.54. The van der Waals surface area contributed by atoms with Crippen molar-refractivity contribution in [3.05, 3.63) is 89.5 Å². The molecule has 30 heavy (non-hydrogen) atoms. The smallest absolute Gasteiger partial charge is 0.279 e. The highest BCUT2D eigenvalue weighted by atomic mass is 16.5. The first kappa shape index (κ1) is 19.4. The lowest BCUT2D eigenvalue weighted by Gasteiger charge is -2.16. The standard InChI is InChI=1S/C24H21N3O3/c1-29-21-14-8-11-18(23(21)30-2)15-25-26-22-19-12-6-7-13-20(19)27(24(22)28)16-17-9-4-3-5-10-17/h3-15H,16H2,1-2H3/b25-15-,26-22-. The van der Waals surface area contributed by atoms with Gasteiger partial charge in [0.05, 0.1) is 32.7 Å². The SMILES string of the molecule is COc1cccc(/C=N\N=C2/C(=O)N(Cc3ccccc3)c3ccccc32)c1OC. The molecule has 0 aliphatic carbocycles. The van der Waals surface area contributed by atoms with E-state index in [-0.39, 0.29) is 5.91 Å². The predicted molar refractivity (Wildman–Crippen MR) is 118 cm³/mol. The molecule has 0 unspecified atom stereocenters. The Balaban J connectivity index is 1.65. The molecule has 4 rings (SSSR count). The third-order valence-corrected chi connectivity index (χ3v) is 4.87. The van der Waals surface area contributed by atoms with E-state index in [9.17, 15) is 4.79 Å². The highest BCUT2D eigenvalue weighted by Crippen LogP contribution is 2.31. The van der Waals surface area contributed by atoms with Crippen LogP contribution in [0, 0.1) is 0 Å². The Morgan fingerprint density at radius 3 is 2.43 bits per heavy atom. The molecule has 0 radical (unpaired) electrons. The topological polar surface area (TPSA) is 63.5 Å². The van der Waals surface area contributed by atoms with E-state index >= 15 is 0 Å². The van der Waals surface area contributed by atoms with Crippen LogP contribution in [-0.2, 0) is 11.3 Å². The molecule has 1 aliphatic heterocycles. The molecule has 0 atom stereocenters. The first-order chi connectivity index (χ1) is 14.7. The van der Waals surface area contributed by atoms with Crippen molar-refractivity contribution in [2.45, 2.75) is 6.54 Å². The molecule has 0 aromatic heterocycles. The van der Waals surface area contributed by atoms with Crippen molar-refractivity contribution >= 4 is 23.5 Å². The van der Waals surface area contributed by atoms with Gasteiger partial charge in [-0.15, -0.1) is 5.10 Å². The molecule has 0 bridgehead atoms. The van der Waals surface area contributed by atoms with E-state index < -0.39 is 0 Å². The van der Waals surface area contributed by atoms with Gasteiger partial charge in [0.1, 0.15) is 0 Å². The van der Waals surface area contributed by atoms with Crippen molar-refractivity contribution in [3.8, 4) is 11.5 Å². The zero-order chi connectivity index (χ0) is 20.9. The van der Waals surface area contributed by atoms with Crippen LogP contribution in [0.5, 0.6) is 11.5 Å². The van der Waals surface area contributed by atoms with E-state index in [0.29, 0.717) is 29.3 Å². The van der Waals surface area contributed by atoms with Gasteiger partial charge in [0.25, 0.3) is 5.91 Å². The summed E-state index contributed by atoms with van der Waals surface area (Å²) in [5.74, 6) is 0.994. The maximum Gasteiger partial charge on any atom is 0.279 e. The third kappa shape index (κ3) is 3.67. The Labute approximate surface area is 175 Å². The van der Waals surface area contributed by atoms with Crippen LogP contribution in [0.3, 0.4) is 0 Å². The summed E-state index contributed by atoms with van der Waals surface area (Å²) in [6.45, 7) is 0.475. The zero-order valence-corrected chi connectivity index (χ0v) is 16.8. The van der Waals surface area contributed by atoms with Crippen molar-refractivity contribution in [2.75, 3.05) is 19.1 Å². The predicted octanol–water partition coefficient (Wildman–Crippen LogP) is 4.07. The fourth-order valence-electron chi connectivity index (χ4n) is 3.44. The van der Waals surface area contributed by atoms with Gasteiger partial charge in [0.2, 0.25) is 0 Å². The first-order valence-corrected chi connectivity index (χ1v) is 9.50. The minimum atomic E-state index is -0.171. The van der Waals surface area contributed by atoms with Gasteiger partial charge in [-0.1, -0.05) is 54.6 Å². The van der Waals surface area contributed by atoms with Gasteiger partial charge in [-0.2, -0.15) is 5.10 Å². The molecule has 6 nitrogen and oxygen atoms in total. The Morgan fingerprint density at radius 1 is 0.900 bits per heavy atom. The largest absolute Gasteiger partial charge is 0.493 e. The minimum absolute atomic E-state index is 0.171. The van der Waals surface area contributed by atoms with Gasteiger partial charge in [0, 0.05) is 11.1 Å². The van der Waals surface area contributed by atoms with Crippen molar-refractivity contribution in [1.29, 1.82) is 0 Å². The number of hydrogen-bond acceptors (Lipinski definition) is 5. The van der Waals surface area contributed by atoms with Crippen LogP contribution < -0.4 is 14.4 Å². The second-order valence-electron chi connectivity index (χ2n) is 6.67. The number of methoxy groups -OCH3 is 2. The Kier molecular flexibility index (Phi) is 5.57. The maximum absolute atomic E-state index is 13.1. The number of nitrogens with zero attached hydrogens (tertiary/aromatic N) is 3. The molecule has 0 N–H and O–H groups in total. The monoisotopic (exact) mass is 399 g/mol. The van der Waals surface area contributed by atoms with Crippen LogP contribution in [0.4, 0.5) is 5.69 Å². The van der Waals surface area contributed by atoms with Crippen molar-refractivity contribution in [1.82, 2.24) is 0 Å². The van der Waals surface area contributed by atoms with E-state index in [0.717, 1.165) is 16.8 Å². The molecule has 150 valence electrons. The summed E-state index contributed by atoms with van der Waals surface area (Å²) in [6, 6.07) is 23.0. The van der Waals surface area contributed by atoms with Gasteiger partial charge in [-0.3, -0.25) is 4.79 Å². The number of rotatable bonds is 6. The lowest BCUT2D eigenvalue weighted by Crippen LogP contribution is -2.29. The fraction of sp³-hybridized carbons (Fsp3) is 0.125. The van der Waals surface area contributed by atoms with Crippen LogP contribution >= 0.6 is 0 Å². The molecular weight excluding hydrogens is 378 g/mol. The van der Waals surface area contributed by atoms with Gasteiger partial charge in [-0.25, -0.2) is 0 Å². The third-order valence-electron chi connectivity index (χ3n) is 4.87. The highest BCUT2D eigenvalue weighted by Gasteiger charge is 2.33. The average Bonchev–Trinajstić information content (AvgIpc) is 3.05. The molecule has 3 aromatic carbocycles. The molecule has 1 aliphatic rings. The number of carbonyl (C=O) groups is 1. The number of para-hydroxylation sites is 2. The fourth-order valence-corrected chi connectivity index (χ4v) is 3.44. The Morgan fingerprint density at radius 2 is 1.67 bits per heavy atom. The van der Waals surface area contributed by atoms with E-state index in [1.807, 2.05) is 66.7 Å². The summed E-state index contributed by atoms with van der Waals surface area (Å²) in [5.41, 5.74) is 3.68. The molecule has 0 saturated carbocycles. The van der Waals surface area contributed by atoms with Crippen LogP contribution in [0.25, 0.3) is 0 Å². The first-order valence-electron chi connectivity index (χ1n) is 9.50. The summed E-state index contributed by atoms with van der Waals surface area (Å²) in [5, 5.41) is 8.44. The van der Waals surface area contributed by atoms with E-state index in [1.54, 1.807) is 31.4 Å². The van der Waals surface area contributed by atoms with E-state index in [2.05, 4.69) is 10.2 Å². The van der Waals surface area contributed by atoms with Crippen molar-refractivity contribution in [2.24, 2.45) is 10.2 Å². The number of fused-ring (bicyclic) bond motifs is 1. The van der Waals surface area contributed by atoms with Crippen LogP contribution in [0.2, 0.25) is 0 Å². The number of benzene rings is 3. The molecule has 1 heterocycles. The number of anilines is 1. The second-order valence-corrected chi connectivity index (χ2v) is 6.67. The minimum Gasteiger partial charge on any atom is -0.493 e. The molecule has 3 aromatic rings. The lowest BCUT2D eigenvalue weighted by molar-refractivity contribution is -0.112. The molecule has 0 saturated heterocycles. The molecule has 1 amide bonds. The van der Waals surface area contributed by atoms with Gasteiger partial charge in [0.15, 0.2) is 17.2 Å². The quantitative estimate of drug-likeness (QED) is 0.464. The summed E-state index contributed by atoms with van der Waals surface area (Å²) in [7, 11) is 3.15. The van der Waals surface area contributed by atoms with Crippen LogP contribution in [-0.4, -0.2) is 32.1 Å². The second kappa shape index (κ2) is 8.61. The Bertz CT molecular complexity index is 1120. The van der Waals surface area contributed by atoms with Crippen molar-refractivity contribution < 1.29 is 14.3 Å². The molecule has 6 heteroatoms. The normalized spacial score (nSPS) is 14.4. The van der Waals surface area contributed by atoms with Gasteiger partial charge < -0.3 is 14.4 Å². The number of hydrogen-bond donors (Lipinski definition) is 0. The molecule has 0 spiro atoms. The summed E-state index contributed by atoms with van der Waals surface area (Å²) in [6.07, 6.45) is 1.56. The average molecular weight is 399 g/mol. The summed E-state index contributed by atoms with van der Waals surface area (Å²) >= 11 is 0. The number of amides is 1. The maximum atomic E-state index is 13.1. The van der Waals surface area contributed by atoms with Crippen molar-refractivity contribution in [3.63, 3.8) is 0 Å². The van der Waals surface area contributed by atoms with E-state index in [1.165, 1.54) is 0 Å². The van der Waals surface area contributed by atoms with Crippen LogP contribution in [0.1, 0.15) is 16.7 Å². The molecular formula is C24H21N3O3. The molecule has 0 fully saturated rings. The summed E-state index contributed by atoms with van der Waals surface area (Å²) in [4.78, 5) is 14.8. The zero-order valence-electron chi connectivity index (χ0n) is 16.8. The summed E-state index contributed by atoms with van der Waals surface area (Å²) < 4.78 is 10.7. The van der Waals surface area contributed by atoms with Gasteiger partial charge >= 0.3 is 0 Å². The van der Waals surface area contributed by atoms with E-state index in [4.69, 9.17) is 9.47 Å².